The van der Waals surface area contributed by atoms with Crippen LogP contribution in [0.1, 0.15) is 24.5 Å². The van der Waals surface area contributed by atoms with Crippen LogP contribution in [0.3, 0.4) is 0 Å². The molecule has 16 heavy (non-hydrogen) atoms. The van der Waals surface area contributed by atoms with Crippen LogP contribution in [0.25, 0.3) is 0 Å². The Balaban J connectivity index is 2.72. The number of benzene rings is 1. The zero-order valence-corrected chi connectivity index (χ0v) is 10.3. The normalized spacial score (nSPS) is 12.5. The number of methoxy groups -OCH3 is 2. The van der Waals surface area contributed by atoms with Crippen molar-refractivity contribution in [3.8, 4) is 5.75 Å². The molecule has 0 amide bonds. The van der Waals surface area contributed by atoms with Gasteiger partial charge < -0.3 is 14.6 Å². The van der Waals surface area contributed by atoms with Gasteiger partial charge in [-0.1, -0.05) is 11.6 Å². The van der Waals surface area contributed by atoms with Crippen molar-refractivity contribution in [2.24, 2.45) is 0 Å². The second-order valence-corrected chi connectivity index (χ2v) is 3.97. The van der Waals surface area contributed by atoms with Crippen molar-refractivity contribution in [1.82, 2.24) is 0 Å². The van der Waals surface area contributed by atoms with Gasteiger partial charge in [0, 0.05) is 24.3 Å². The van der Waals surface area contributed by atoms with Gasteiger partial charge in [0.2, 0.25) is 0 Å². The highest BCUT2D eigenvalue weighted by Gasteiger charge is 2.13. The summed E-state index contributed by atoms with van der Waals surface area (Å²) in [6.45, 7) is 0.639. The van der Waals surface area contributed by atoms with Gasteiger partial charge in [-0.3, -0.25) is 0 Å². The Morgan fingerprint density at radius 3 is 2.75 bits per heavy atom. The second kappa shape index (κ2) is 6.74. The Morgan fingerprint density at radius 2 is 2.12 bits per heavy atom. The first-order valence-electron chi connectivity index (χ1n) is 5.19. The molecule has 4 heteroatoms. The van der Waals surface area contributed by atoms with E-state index in [4.69, 9.17) is 21.1 Å². The third-order valence-corrected chi connectivity index (χ3v) is 2.61. The fourth-order valence-corrected chi connectivity index (χ4v) is 1.72. The molecule has 0 aliphatic carbocycles. The first-order valence-corrected chi connectivity index (χ1v) is 5.57. The molecule has 0 aliphatic rings. The summed E-state index contributed by atoms with van der Waals surface area (Å²) in [5.74, 6) is 0.661. The highest BCUT2D eigenvalue weighted by molar-refractivity contribution is 6.30. The van der Waals surface area contributed by atoms with E-state index in [1.54, 1.807) is 32.4 Å². The van der Waals surface area contributed by atoms with E-state index in [1.807, 2.05) is 0 Å². The molecule has 1 N–H and O–H groups in total. The van der Waals surface area contributed by atoms with E-state index in [1.165, 1.54) is 0 Å². The largest absolute Gasteiger partial charge is 0.496 e. The average molecular weight is 245 g/mol. The lowest BCUT2D eigenvalue weighted by Gasteiger charge is -2.14. The lowest BCUT2D eigenvalue weighted by atomic mass is 10.0. The molecular formula is C12H17ClO3. The van der Waals surface area contributed by atoms with Crippen molar-refractivity contribution >= 4 is 11.6 Å². The fraction of sp³-hybridized carbons (Fsp3) is 0.500. The molecule has 1 aromatic rings. The Morgan fingerprint density at radius 1 is 1.38 bits per heavy atom. The molecule has 0 aliphatic heterocycles. The second-order valence-electron chi connectivity index (χ2n) is 3.54. The molecule has 0 radical (unpaired) electrons. The minimum atomic E-state index is -0.566. The van der Waals surface area contributed by atoms with E-state index in [0.29, 0.717) is 23.8 Å². The predicted molar refractivity (Wildman–Crippen MR) is 64.1 cm³/mol. The Bertz CT molecular complexity index is 328. The molecule has 0 fully saturated rings. The lowest BCUT2D eigenvalue weighted by Crippen LogP contribution is -2.02. The molecule has 0 saturated carbocycles. The molecule has 1 unspecified atom stereocenters. The van der Waals surface area contributed by atoms with E-state index in [9.17, 15) is 5.11 Å². The van der Waals surface area contributed by atoms with Gasteiger partial charge >= 0.3 is 0 Å². The number of hydrogen-bond donors (Lipinski definition) is 1. The summed E-state index contributed by atoms with van der Waals surface area (Å²) in [6, 6.07) is 5.24. The van der Waals surface area contributed by atoms with Gasteiger partial charge in [-0.15, -0.1) is 0 Å². The van der Waals surface area contributed by atoms with Crippen molar-refractivity contribution in [3.63, 3.8) is 0 Å². The standard InChI is InChI=1S/C12H17ClO3/c1-15-7-3-4-11(14)10-8-9(13)5-6-12(10)16-2/h5-6,8,11,14H,3-4,7H2,1-2H3. The fourth-order valence-electron chi connectivity index (χ4n) is 1.54. The summed E-state index contributed by atoms with van der Waals surface area (Å²) < 4.78 is 10.1. The molecule has 3 nitrogen and oxygen atoms in total. The van der Waals surface area contributed by atoms with Crippen LogP contribution in [0.15, 0.2) is 18.2 Å². The molecule has 0 saturated heterocycles. The molecule has 1 rings (SSSR count). The van der Waals surface area contributed by atoms with Gasteiger partial charge in [-0.25, -0.2) is 0 Å². The molecule has 90 valence electrons. The first-order chi connectivity index (χ1) is 7.69. The first kappa shape index (κ1) is 13.3. The number of ether oxygens (including phenoxy) is 2. The van der Waals surface area contributed by atoms with Crippen LogP contribution in [-0.2, 0) is 4.74 Å². The third-order valence-electron chi connectivity index (χ3n) is 2.38. The zero-order chi connectivity index (χ0) is 12.0. The number of halogens is 1. The average Bonchev–Trinajstić information content (AvgIpc) is 2.29. The van der Waals surface area contributed by atoms with Gasteiger partial charge in [0.15, 0.2) is 0 Å². The van der Waals surface area contributed by atoms with E-state index in [2.05, 4.69) is 0 Å². The Hall–Kier alpha value is -0.770. The Labute approximate surface area is 101 Å². The molecule has 1 aromatic carbocycles. The molecule has 0 heterocycles. The maximum absolute atomic E-state index is 9.99. The molecule has 0 aromatic heterocycles. The van der Waals surface area contributed by atoms with Gasteiger partial charge in [-0.05, 0) is 31.0 Å². The summed E-state index contributed by atoms with van der Waals surface area (Å²) in [7, 11) is 3.22. The van der Waals surface area contributed by atoms with Crippen molar-refractivity contribution in [3.05, 3.63) is 28.8 Å². The smallest absolute Gasteiger partial charge is 0.124 e. The van der Waals surface area contributed by atoms with E-state index < -0.39 is 6.10 Å². The van der Waals surface area contributed by atoms with E-state index in [0.717, 1.165) is 12.0 Å². The highest BCUT2D eigenvalue weighted by atomic mass is 35.5. The van der Waals surface area contributed by atoms with Crippen LogP contribution in [0, 0.1) is 0 Å². The van der Waals surface area contributed by atoms with Gasteiger partial charge in [0.25, 0.3) is 0 Å². The van der Waals surface area contributed by atoms with E-state index in [-0.39, 0.29) is 0 Å². The summed E-state index contributed by atoms with van der Waals surface area (Å²) >= 11 is 5.89. The van der Waals surface area contributed by atoms with Gasteiger partial charge in [0.05, 0.1) is 13.2 Å². The van der Waals surface area contributed by atoms with E-state index >= 15 is 0 Å². The van der Waals surface area contributed by atoms with Crippen molar-refractivity contribution in [2.45, 2.75) is 18.9 Å². The van der Waals surface area contributed by atoms with Crippen molar-refractivity contribution < 1.29 is 14.6 Å². The van der Waals surface area contributed by atoms with Crippen LogP contribution in [-0.4, -0.2) is 25.9 Å². The van der Waals surface area contributed by atoms with Crippen LogP contribution >= 0.6 is 11.6 Å². The molecular weight excluding hydrogens is 228 g/mol. The summed E-state index contributed by atoms with van der Waals surface area (Å²) in [5, 5.41) is 10.6. The van der Waals surface area contributed by atoms with Crippen molar-refractivity contribution in [1.29, 1.82) is 0 Å². The topological polar surface area (TPSA) is 38.7 Å². The maximum Gasteiger partial charge on any atom is 0.124 e. The number of rotatable bonds is 6. The number of aliphatic hydroxyl groups is 1. The van der Waals surface area contributed by atoms with Crippen LogP contribution in [0.5, 0.6) is 5.75 Å². The summed E-state index contributed by atoms with van der Waals surface area (Å²) in [6.07, 6.45) is 0.863. The van der Waals surface area contributed by atoms with Crippen LogP contribution in [0.2, 0.25) is 5.02 Å². The summed E-state index contributed by atoms with van der Waals surface area (Å²) in [5.41, 5.74) is 0.728. The van der Waals surface area contributed by atoms with Gasteiger partial charge in [-0.2, -0.15) is 0 Å². The van der Waals surface area contributed by atoms with Crippen LogP contribution in [0.4, 0.5) is 0 Å². The quantitative estimate of drug-likeness (QED) is 0.782. The minimum Gasteiger partial charge on any atom is -0.496 e. The summed E-state index contributed by atoms with van der Waals surface area (Å²) in [4.78, 5) is 0. The third kappa shape index (κ3) is 3.67. The molecule has 1 atom stereocenters. The monoisotopic (exact) mass is 244 g/mol. The van der Waals surface area contributed by atoms with Gasteiger partial charge in [0.1, 0.15) is 5.75 Å². The Kier molecular flexibility index (Phi) is 5.60. The van der Waals surface area contributed by atoms with Crippen LogP contribution < -0.4 is 4.74 Å². The predicted octanol–water partition coefficient (Wildman–Crippen LogP) is 2.81. The number of hydrogen-bond acceptors (Lipinski definition) is 3. The minimum absolute atomic E-state index is 0.566. The maximum atomic E-state index is 9.99. The molecule has 0 bridgehead atoms. The number of aliphatic hydroxyl groups excluding tert-OH is 1. The van der Waals surface area contributed by atoms with Crippen molar-refractivity contribution in [2.75, 3.05) is 20.8 Å². The highest BCUT2D eigenvalue weighted by Crippen LogP contribution is 2.30. The lowest BCUT2D eigenvalue weighted by molar-refractivity contribution is 0.134. The molecule has 0 spiro atoms. The zero-order valence-electron chi connectivity index (χ0n) is 9.57. The SMILES string of the molecule is COCCCC(O)c1cc(Cl)ccc1OC.